The molecule has 126 valence electrons. The molecule has 0 amide bonds. The summed E-state index contributed by atoms with van der Waals surface area (Å²) in [4.78, 5) is 12.8. The summed E-state index contributed by atoms with van der Waals surface area (Å²) in [6, 6.07) is 1.93. The van der Waals surface area contributed by atoms with Crippen molar-refractivity contribution in [2.24, 2.45) is 5.92 Å². The second kappa shape index (κ2) is 7.03. The summed E-state index contributed by atoms with van der Waals surface area (Å²) in [6.07, 6.45) is 13.8. The van der Waals surface area contributed by atoms with E-state index in [4.69, 9.17) is 16.3 Å². The Morgan fingerprint density at radius 2 is 2.17 bits per heavy atom. The zero-order valence-corrected chi connectivity index (χ0v) is 14.3. The van der Waals surface area contributed by atoms with E-state index in [9.17, 15) is 0 Å². The normalized spacial score (nSPS) is 23.6. The highest BCUT2D eigenvalue weighted by molar-refractivity contribution is 6.28. The molecule has 1 saturated heterocycles. The van der Waals surface area contributed by atoms with Gasteiger partial charge in [0.2, 0.25) is 5.28 Å². The predicted octanol–water partition coefficient (Wildman–Crippen LogP) is 3.54. The molecule has 2 atom stereocenters. The van der Waals surface area contributed by atoms with Crippen molar-refractivity contribution in [1.29, 1.82) is 0 Å². The Kier molecular flexibility index (Phi) is 4.63. The minimum atomic E-state index is 0.316. The Morgan fingerprint density at radius 1 is 1.25 bits per heavy atom. The molecule has 2 aromatic rings. The van der Waals surface area contributed by atoms with Crippen molar-refractivity contribution in [1.82, 2.24) is 19.5 Å². The monoisotopic (exact) mass is 344 g/mol. The molecule has 24 heavy (non-hydrogen) atoms. The minimum Gasteiger partial charge on any atom is -0.376 e. The lowest BCUT2D eigenvalue weighted by Crippen LogP contribution is -2.31. The first-order valence-electron chi connectivity index (χ1n) is 8.57. The van der Waals surface area contributed by atoms with Crippen LogP contribution in [0.3, 0.4) is 0 Å². The van der Waals surface area contributed by atoms with Gasteiger partial charge in [0.05, 0.1) is 18.3 Å². The molecule has 0 spiro atoms. The summed E-state index contributed by atoms with van der Waals surface area (Å²) in [5.74, 6) is 1.81. The third-order valence-electron chi connectivity index (χ3n) is 4.94. The first kappa shape index (κ1) is 15.8. The van der Waals surface area contributed by atoms with Crippen LogP contribution in [-0.2, 0) is 17.7 Å². The average Bonchev–Trinajstić information content (AvgIpc) is 2.99. The first-order valence-corrected chi connectivity index (χ1v) is 8.95. The molecule has 1 fully saturated rings. The maximum absolute atomic E-state index is 5.89. The molecule has 0 radical (unpaired) electrons. The number of nitrogens with zero attached hydrogens (tertiary/aromatic N) is 4. The van der Waals surface area contributed by atoms with E-state index < -0.39 is 0 Å². The van der Waals surface area contributed by atoms with Gasteiger partial charge in [-0.1, -0.05) is 6.08 Å². The van der Waals surface area contributed by atoms with Gasteiger partial charge in [-0.25, -0.2) is 15.0 Å². The quantitative estimate of drug-likeness (QED) is 0.778. The van der Waals surface area contributed by atoms with E-state index in [-0.39, 0.29) is 0 Å². The van der Waals surface area contributed by atoms with Gasteiger partial charge in [0.15, 0.2) is 0 Å². The van der Waals surface area contributed by atoms with Crippen LogP contribution in [0.1, 0.15) is 37.2 Å². The number of ether oxygens (including phenoxy) is 1. The smallest absolute Gasteiger partial charge is 0.222 e. The predicted molar refractivity (Wildman–Crippen MR) is 92.6 cm³/mol. The number of allylic oxidation sites excluding steroid dienone is 2. The molecule has 0 saturated carbocycles. The summed E-state index contributed by atoms with van der Waals surface area (Å²) < 4.78 is 7.80. The zero-order chi connectivity index (χ0) is 16.4. The van der Waals surface area contributed by atoms with E-state index in [1.807, 2.05) is 12.3 Å². The van der Waals surface area contributed by atoms with Gasteiger partial charge >= 0.3 is 0 Å². The zero-order valence-electron chi connectivity index (χ0n) is 13.6. The van der Waals surface area contributed by atoms with Crippen molar-refractivity contribution in [3.63, 3.8) is 0 Å². The molecule has 4 rings (SSSR count). The van der Waals surface area contributed by atoms with E-state index in [0.717, 1.165) is 50.9 Å². The Balaban J connectivity index is 1.38. The van der Waals surface area contributed by atoms with Crippen LogP contribution in [0.15, 0.2) is 30.7 Å². The molecule has 1 unspecified atom stereocenters. The fraction of sp³-hybridized carbons (Fsp3) is 0.500. The van der Waals surface area contributed by atoms with Crippen LogP contribution in [0.25, 0.3) is 5.57 Å². The molecule has 0 bridgehead atoms. The molecule has 2 aliphatic rings. The Hall–Kier alpha value is -1.72. The third kappa shape index (κ3) is 3.52. The van der Waals surface area contributed by atoms with Crippen LogP contribution in [-0.4, -0.2) is 32.2 Å². The van der Waals surface area contributed by atoms with Crippen LogP contribution in [0.4, 0.5) is 0 Å². The van der Waals surface area contributed by atoms with Crippen LogP contribution in [0.2, 0.25) is 5.28 Å². The van der Waals surface area contributed by atoms with Crippen molar-refractivity contribution in [2.75, 3.05) is 6.61 Å². The van der Waals surface area contributed by atoms with Crippen LogP contribution in [0.5, 0.6) is 0 Å². The Labute approximate surface area is 146 Å². The topological polar surface area (TPSA) is 52.8 Å². The van der Waals surface area contributed by atoms with Gasteiger partial charge in [0.25, 0.3) is 0 Å². The molecular weight excluding hydrogens is 324 g/mol. The molecule has 5 nitrogen and oxygen atoms in total. The van der Waals surface area contributed by atoms with Gasteiger partial charge in [-0.2, -0.15) is 0 Å². The number of aromatic nitrogens is 4. The van der Waals surface area contributed by atoms with Gasteiger partial charge in [0, 0.05) is 31.6 Å². The Morgan fingerprint density at radius 3 is 2.88 bits per heavy atom. The molecule has 1 aliphatic heterocycles. The molecule has 1 aliphatic carbocycles. The van der Waals surface area contributed by atoms with E-state index in [1.54, 1.807) is 6.20 Å². The highest BCUT2D eigenvalue weighted by atomic mass is 35.5. The molecule has 0 aromatic carbocycles. The number of imidazole rings is 1. The van der Waals surface area contributed by atoms with E-state index in [0.29, 0.717) is 17.3 Å². The van der Waals surface area contributed by atoms with Crippen molar-refractivity contribution in [3.05, 3.63) is 47.5 Å². The second-order valence-corrected chi connectivity index (χ2v) is 6.90. The van der Waals surface area contributed by atoms with Gasteiger partial charge in [-0.05, 0) is 54.8 Å². The maximum atomic E-state index is 5.89. The van der Waals surface area contributed by atoms with E-state index in [1.165, 1.54) is 11.4 Å². The van der Waals surface area contributed by atoms with Crippen molar-refractivity contribution >= 4 is 17.2 Å². The summed E-state index contributed by atoms with van der Waals surface area (Å²) in [7, 11) is 0. The first-order chi connectivity index (χ1) is 11.8. The number of hydrogen-bond donors (Lipinski definition) is 0. The van der Waals surface area contributed by atoms with Gasteiger partial charge < -0.3 is 9.30 Å². The molecule has 3 heterocycles. The van der Waals surface area contributed by atoms with E-state index in [2.05, 4.69) is 31.8 Å². The molecule has 2 aromatic heterocycles. The van der Waals surface area contributed by atoms with Crippen molar-refractivity contribution in [2.45, 2.75) is 44.8 Å². The lowest BCUT2D eigenvalue weighted by atomic mass is 9.86. The fourth-order valence-electron chi connectivity index (χ4n) is 3.42. The SMILES string of the molecule is Clc1nccc(C2=CCC(Cc3nccn3C[C@@H]3CCO3)CC2)n1. The number of rotatable bonds is 5. The van der Waals surface area contributed by atoms with Crippen molar-refractivity contribution < 1.29 is 4.74 Å². The summed E-state index contributed by atoms with van der Waals surface area (Å²) in [6.45, 7) is 1.83. The Bertz CT molecular complexity index is 738. The summed E-state index contributed by atoms with van der Waals surface area (Å²) in [5.41, 5.74) is 2.24. The van der Waals surface area contributed by atoms with Crippen LogP contribution >= 0.6 is 11.6 Å². The highest BCUT2D eigenvalue weighted by Gasteiger charge is 2.22. The van der Waals surface area contributed by atoms with Crippen molar-refractivity contribution in [3.8, 4) is 0 Å². The van der Waals surface area contributed by atoms with E-state index >= 15 is 0 Å². The fourth-order valence-corrected chi connectivity index (χ4v) is 3.57. The largest absolute Gasteiger partial charge is 0.376 e. The van der Waals surface area contributed by atoms with Gasteiger partial charge in [-0.15, -0.1) is 0 Å². The molecular formula is C18H21ClN4O. The van der Waals surface area contributed by atoms with Crippen LogP contribution < -0.4 is 0 Å². The highest BCUT2D eigenvalue weighted by Crippen LogP contribution is 2.31. The summed E-state index contributed by atoms with van der Waals surface area (Å²) >= 11 is 5.89. The average molecular weight is 345 g/mol. The third-order valence-corrected chi connectivity index (χ3v) is 5.12. The maximum Gasteiger partial charge on any atom is 0.222 e. The number of halogens is 1. The molecule has 0 N–H and O–H groups in total. The van der Waals surface area contributed by atoms with Gasteiger partial charge in [-0.3, -0.25) is 0 Å². The minimum absolute atomic E-state index is 0.316. The van der Waals surface area contributed by atoms with Gasteiger partial charge in [0.1, 0.15) is 5.82 Å². The second-order valence-electron chi connectivity index (χ2n) is 6.56. The van der Waals surface area contributed by atoms with Crippen LogP contribution in [0, 0.1) is 5.92 Å². The lowest BCUT2D eigenvalue weighted by Gasteiger charge is -2.28. The standard InChI is InChI=1S/C18H21ClN4O/c19-18-21-7-5-16(22-18)14-3-1-13(2-4-14)11-17-20-8-9-23(17)12-15-6-10-24-15/h3,5,7-9,13,15H,1-2,4,6,10-12H2/t13?,15-/m0/s1. The number of hydrogen-bond acceptors (Lipinski definition) is 4. The molecule has 6 heteroatoms. The lowest BCUT2D eigenvalue weighted by molar-refractivity contribution is -0.0596. The summed E-state index contributed by atoms with van der Waals surface area (Å²) in [5, 5.41) is 0.316.